The summed E-state index contributed by atoms with van der Waals surface area (Å²) in [6, 6.07) is 59.2. The van der Waals surface area contributed by atoms with E-state index in [9.17, 15) is 0 Å². The van der Waals surface area contributed by atoms with Crippen molar-refractivity contribution in [2.45, 2.75) is 19.3 Å². The Morgan fingerprint density at radius 2 is 1.02 bits per heavy atom. The number of aromatic nitrogens is 3. The van der Waals surface area contributed by atoms with E-state index in [1.165, 1.54) is 69.9 Å². The molecule has 0 fully saturated rings. The Morgan fingerprint density at radius 3 is 1.72 bits per heavy atom. The van der Waals surface area contributed by atoms with Crippen LogP contribution in [0.25, 0.3) is 92.7 Å². The first kappa shape index (κ1) is 30.3. The molecule has 4 heterocycles. The number of rotatable bonds is 4. The molecular weight excluding hydrogens is 663 g/mol. The van der Waals surface area contributed by atoms with Crippen molar-refractivity contribution in [1.29, 1.82) is 0 Å². The lowest BCUT2D eigenvalue weighted by atomic mass is 9.75. The molecule has 0 atom stereocenters. The number of benzene rings is 7. The molecule has 0 spiro atoms. The second-order valence-corrected chi connectivity index (χ2v) is 15.7. The average Bonchev–Trinajstić information content (AvgIpc) is 3.75. The molecule has 1 aliphatic heterocycles. The van der Waals surface area contributed by atoms with Crippen LogP contribution in [-0.2, 0) is 5.41 Å². The molecule has 0 bridgehead atoms. The van der Waals surface area contributed by atoms with Crippen molar-refractivity contribution < 1.29 is 0 Å². The van der Waals surface area contributed by atoms with E-state index in [0.29, 0.717) is 0 Å². The third-order valence-corrected chi connectivity index (χ3v) is 12.4. The fourth-order valence-corrected chi connectivity index (χ4v) is 9.60. The highest BCUT2D eigenvalue weighted by atomic mass is 32.1. The topological polar surface area (TPSA) is 30.7 Å². The molecule has 0 saturated carbocycles. The standard InChI is InChI=1S/C49H33N3S/c1-49(2)39-17-9-10-19-44(39)52-43-23-20-32(26-36(43)35-16-11-18-40(49)47(35)52)33-21-24-45-37(27-33)38-28-34(22-25-46(38)53-45)48-50-41(30-12-5-3-6-13-30)29-42(51-48)31-14-7-4-8-15-31/h3-29H,1-2H3. The molecule has 0 amide bonds. The van der Waals surface area contributed by atoms with Gasteiger partial charge in [0.05, 0.1) is 28.1 Å². The van der Waals surface area contributed by atoms with E-state index in [4.69, 9.17) is 9.97 Å². The number of thiophene rings is 1. The Kier molecular flexibility index (Phi) is 6.47. The molecule has 4 heteroatoms. The van der Waals surface area contributed by atoms with Gasteiger partial charge in [0.1, 0.15) is 0 Å². The van der Waals surface area contributed by atoms with E-state index in [1.807, 2.05) is 23.5 Å². The summed E-state index contributed by atoms with van der Waals surface area (Å²) in [5.74, 6) is 0.728. The van der Waals surface area contributed by atoms with Gasteiger partial charge in [0.25, 0.3) is 0 Å². The zero-order valence-corrected chi connectivity index (χ0v) is 30.2. The SMILES string of the molecule is CC1(C)c2ccccc2-n2c3ccc(-c4ccc5sc6ccc(-c7nc(-c8ccccc8)cc(-c8ccccc8)n7)cc6c5c4)cc3c3cccc1c32. The number of hydrogen-bond acceptors (Lipinski definition) is 3. The van der Waals surface area contributed by atoms with Gasteiger partial charge in [0.2, 0.25) is 0 Å². The molecular formula is C49H33N3S. The second-order valence-electron chi connectivity index (χ2n) is 14.6. The third-order valence-electron chi connectivity index (χ3n) is 11.2. The van der Waals surface area contributed by atoms with Crippen LogP contribution in [0.1, 0.15) is 25.0 Å². The Balaban J connectivity index is 1.06. The van der Waals surface area contributed by atoms with Crippen molar-refractivity contribution in [3.05, 3.63) is 175 Å². The van der Waals surface area contributed by atoms with Crippen molar-refractivity contribution in [2.75, 3.05) is 0 Å². The van der Waals surface area contributed by atoms with E-state index in [2.05, 4.69) is 170 Å². The molecule has 10 aromatic rings. The van der Waals surface area contributed by atoms with Crippen LogP contribution >= 0.6 is 11.3 Å². The molecule has 250 valence electrons. The van der Waals surface area contributed by atoms with Crippen molar-refractivity contribution >= 4 is 53.3 Å². The minimum atomic E-state index is -0.0791. The largest absolute Gasteiger partial charge is 0.309 e. The van der Waals surface area contributed by atoms with Crippen molar-refractivity contribution in [1.82, 2.24) is 14.5 Å². The molecule has 11 rings (SSSR count). The molecule has 0 radical (unpaired) electrons. The summed E-state index contributed by atoms with van der Waals surface area (Å²) < 4.78 is 5.02. The fraction of sp³-hybridized carbons (Fsp3) is 0.0612. The van der Waals surface area contributed by atoms with Gasteiger partial charge < -0.3 is 4.57 Å². The quantitative estimate of drug-likeness (QED) is 0.183. The Hall–Kier alpha value is -6.36. The average molecular weight is 696 g/mol. The Morgan fingerprint density at radius 1 is 0.453 bits per heavy atom. The minimum Gasteiger partial charge on any atom is -0.309 e. The van der Waals surface area contributed by atoms with E-state index in [0.717, 1.165) is 33.9 Å². The van der Waals surface area contributed by atoms with Crippen LogP contribution in [0.3, 0.4) is 0 Å². The lowest BCUT2D eigenvalue weighted by Gasteiger charge is -2.34. The highest BCUT2D eigenvalue weighted by Gasteiger charge is 2.34. The van der Waals surface area contributed by atoms with Crippen LogP contribution in [0.4, 0.5) is 0 Å². The summed E-state index contributed by atoms with van der Waals surface area (Å²) in [6.07, 6.45) is 0. The highest BCUT2D eigenvalue weighted by Crippen LogP contribution is 2.48. The van der Waals surface area contributed by atoms with Gasteiger partial charge in [-0.05, 0) is 76.9 Å². The molecule has 0 N–H and O–H groups in total. The summed E-state index contributed by atoms with van der Waals surface area (Å²) in [7, 11) is 0. The van der Waals surface area contributed by atoms with E-state index in [-0.39, 0.29) is 5.41 Å². The molecule has 0 saturated heterocycles. The maximum atomic E-state index is 5.12. The Bertz CT molecular complexity index is 3020. The van der Waals surface area contributed by atoms with Gasteiger partial charge in [-0.15, -0.1) is 11.3 Å². The van der Waals surface area contributed by atoms with Crippen LogP contribution < -0.4 is 0 Å². The molecule has 0 aliphatic carbocycles. The van der Waals surface area contributed by atoms with Gasteiger partial charge >= 0.3 is 0 Å². The number of nitrogens with zero attached hydrogens (tertiary/aromatic N) is 3. The lowest BCUT2D eigenvalue weighted by molar-refractivity contribution is 0.630. The smallest absolute Gasteiger partial charge is 0.160 e. The summed E-state index contributed by atoms with van der Waals surface area (Å²) in [5, 5.41) is 5.08. The van der Waals surface area contributed by atoms with Crippen LogP contribution in [0.15, 0.2) is 164 Å². The fourth-order valence-electron chi connectivity index (χ4n) is 8.53. The zero-order valence-electron chi connectivity index (χ0n) is 29.3. The van der Waals surface area contributed by atoms with Crippen molar-refractivity contribution in [3.63, 3.8) is 0 Å². The minimum absolute atomic E-state index is 0.0791. The summed E-state index contributed by atoms with van der Waals surface area (Å²) >= 11 is 1.84. The molecule has 3 aromatic heterocycles. The maximum absolute atomic E-state index is 5.12. The Labute approximate surface area is 311 Å². The van der Waals surface area contributed by atoms with Gasteiger partial charge in [0.15, 0.2) is 5.82 Å². The van der Waals surface area contributed by atoms with E-state index >= 15 is 0 Å². The second kappa shape index (κ2) is 11.3. The number of fused-ring (bicyclic) bond motifs is 8. The maximum Gasteiger partial charge on any atom is 0.160 e. The van der Waals surface area contributed by atoms with Gasteiger partial charge in [-0.25, -0.2) is 9.97 Å². The first-order valence-corrected chi connectivity index (χ1v) is 19.0. The predicted molar refractivity (Wildman–Crippen MR) is 223 cm³/mol. The monoisotopic (exact) mass is 695 g/mol. The first-order chi connectivity index (χ1) is 26.0. The highest BCUT2D eigenvalue weighted by molar-refractivity contribution is 7.25. The summed E-state index contributed by atoms with van der Waals surface area (Å²) in [4.78, 5) is 10.2. The number of para-hydroxylation sites is 2. The van der Waals surface area contributed by atoms with Crippen molar-refractivity contribution in [2.24, 2.45) is 0 Å². The molecule has 0 unspecified atom stereocenters. The van der Waals surface area contributed by atoms with Crippen LogP contribution in [0, 0.1) is 0 Å². The third kappa shape index (κ3) is 4.59. The van der Waals surface area contributed by atoms with Crippen LogP contribution in [0.2, 0.25) is 0 Å². The van der Waals surface area contributed by atoms with Gasteiger partial charge in [-0.1, -0.05) is 123 Å². The molecule has 7 aromatic carbocycles. The van der Waals surface area contributed by atoms with E-state index in [1.54, 1.807) is 0 Å². The first-order valence-electron chi connectivity index (χ1n) is 18.2. The predicted octanol–water partition coefficient (Wildman–Crippen LogP) is 13.2. The molecule has 3 nitrogen and oxygen atoms in total. The molecule has 1 aliphatic rings. The number of hydrogen-bond donors (Lipinski definition) is 0. The lowest BCUT2D eigenvalue weighted by Crippen LogP contribution is -2.26. The normalized spacial score (nSPS) is 13.2. The van der Waals surface area contributed by atoms with Gasteiger partial charge in [-0.2, -0.15) is 0 Å². The van der Waals surface area contributed by atoms with Gasteiger partial charge in [0, 0.05) is 53.1 Å². The zero-order chi connectivity index (χ0) is 35.3. The molecule has 53 heavy (non-hydrogen) atoms. The van der Waals surface area contributed by atoms with Gasteiger partial charge in [-0.3, -0.25) is 0 Å². The van der Waals surface area contributed by atoms with E-state index < -0.39 is 0 Å². The summed E-state index contributed by atoms with van der Waals surface area (Å²) in [6.45, 7) is 4.71. The summed E-state index contributed by atoms with van der Waals surface area (Å²) in [5.41, 5.74) is 13.9. The van der Waals surface area contributed by atoms with Crippen molar-refractivity contribution in [3.8, 4) is 50.7 Å². The van der Waals surface area contributed by atoms with Crippen LogP contribution in [-0.4, -0.2) is 14.5 Å². The van der Waals surface area contributed by atoms with Crippen LogP contribution in [0.5, 0.6) is 0 Å².